The van der Waals surface area contributed by atoms with Gasteiger partial charge in [-0.1, -0.05) is 0 Å². The second kappa shape index (κ2) is 1.89. The molecule has 0 saturated carbocycles. The quantitative estimate of drug-likeness (QED) is 0.450. The fourth-order valence-electron chi connectivity index (χ4n) is 0.601. The average molecular weight is 126 g/mol. The van der Waals surface area contributed by atoms with E-state index in [4.69, 9.17) is 5.73 Å². The van der Waals surface area contributed by atoms with E-state index in [1.54, 1.807) is 0 Å². The molecule has 0 unspecified atom stereocenters. The molecule has 9 heavy (non-hydrogen) atoms. The van der Waals surface area contributed by atoms with Crippen LogP contribution >= 0.6 is 0 Å². The van der Waals surface area contributed by atoms with Crippen LogP contribution in [-0.4, -0.2) is 18.4 Å². The summed E-state index contributed by atoms with van der Waals surface area (Å²) in [6.45, 7) is 0.272. The summed E-state index contributed by atoms with van der Waals surface area (Å²) >= 11 is 0. The van der Waals surface area contributed by atoms with E-state index in [-0.39, 0.29) is 12.5 Å². The van der Waals surface area contributed by atoms with Gasteiger partial charge < -0.3 is 11.1 Å². The van der Waals surface area contributed by atoms with Crippen molar-refractivity contribution in [1.82, 2.24) is 5.32 Å². The minimum atomic E-state index is -0.534. The van der Waals surface area contributed by atoms with Gasteiger partial charge in [0, 0.05) is 18.2 Å². The van der Waals surface area contributed by atoms with Gasteiger partial charge in [-0.25, -0.2) is 0 Å². The molecule has 0 spiro atoms. The molecule has 0 aliphatic carbocycles. The maximum atomic E-state index is 10.4. The van der Waals surface area contributed by atoms with Gasteiger partial charge >= 0.3 is 0 Å². The van der Waals surface area contributed by atoms with E-state index in [2.05, 4.69) is 5.32 Å². The van der Waals surface area contributed by atoms with Crippen molar-refractivity contribution in [2.75, 3.05) is 6.54 Å². The zero-order chi connectivity index (χ0) is 6.85. The Kier molecular flexibility index (Phi) is 1.22. The molecule has 0 bridgehead atoms. The van der Waals surface area contributed by atoms with Gasteiger partial charge in [-0.15, -0.1) is 0 Å². The van der Waals surface area contributed by atoms with Gasteiger partial charge in [-0.2, -0.15) is 0 Å². The zero-order valence-electron chi connectivity index (χ0n) is 4.68. The number of carbonyl (C=O) groups is 2. The summed E-state index contributed by atoms with van der Waals surface area (Å²) < 4.78 is 0. The first-order valence-electron chi connectivity index (χ1n) is 2.48. The highest BCUT2D eigenvalue weighted by Crippen LogP contribution is 1.96. The molecule has 0 saturated heterocycles. The van der Waals surface area contributed by atoms with Crippen LogP contribution in [0.1, 0.15) is 0 Å². The Morgan fingerprint density at radius 3 is 2.67 bits per heavy atom. The molecule has 0 atom stereocenters. The fraction of sp³-hybridized carbons (Fsp3) is 0.200. The number of rotatable bonds is 1. The van der Waals surface area contributed by atoms with E-state index in [0.29, 0.717) is 5.57 Å². The van der Waals surface area contributed by atoms with Crippen LogP contribution in [0.25, 0.3) is 0 Å². The first-order valence-corrected chi connectivity index (χ1v) is 2.48. The topological polar surface area (TPSA) is 72.2 Å². The molecular weight excluding hydrogens is 120 g/mol. The minimum absolute atomic E-state index is 0.246. The number of hydrogen-bond donors (Lipinski definition) is 2. The summed E-state index contributed by atoms with van der Waals surface area (Å²) in [5.41, 5.74) is 5.21. The van der Waals surface area contributed by atoms with E-state index in [1.807, 2.05) is 0 Å². The van der Waals surface area contributed by atoms with Crippen molar-refractivity contribution in [3.8, 4) is 0 Å². The van der Waals surface area contributed by atoms with Crippen LogP contribution in [-0.2, 0) is 9.59 Å². The summed E-state index contributed by atoms with van der Waals surface area (Å²) in [5.74, 6) is -0.780. The first kappa shape index (κ1) is 5.81. The van der Waals surface area contributed by atoms with Gasteiger partial charge in [0.15, 0.2) is 0 Å². The molecule has 1 rings (SSSR count). The summed E-state index contributed by atoms with van der Waals surface area (Å²) in [6, 6.07) is 0. The van der Waals surface area contributed by atoms with E-state index < -0.39 is 5.91 Å². The number of primary amides is 1. The van der Waals surface area contributed by atoms with Crippen molar-refractivity contribution in [3.63, 3.8) is 0 Å². The van der Waals surface area contributed by atoms with Gasteiger partial charge in [-0.3, -0.25) is 9.59 Å². The van der Waals surface area contributed by atoms with Gasteiger partial charge in [0.2, 0.25) is 11.8 Å². The highest BCUT2D eigenvalue weighted by atomic mass is 16.2. The number of hydrogen-bond acceptors (Lipinski definition) is 2. The highest BCUT2D eigenvalue weighted by molar-refractivity contribution is 6.04. The molecule has 0 radical (unpaired) electrons. The third kappa shape index (κ3) is 1.07. The molecule has 2 amide bonds. The second-order valence-corrected chi connectivity index (χ2v) is 1.75. The van der Waals surface area contributed by atoms with Crippen LogP contribution in [0.2, 0.25) is 0 Å². The van der Waals surface area contributed by atoms with E-state index >= 15 is 0 Å². The number of amides is 2. The molecule has 0 aromatic heterocycles. The summed E-state index contributed by atoms with van der Waals surface area (Å²) in [4.78, 5) is 20.7. The lowest BCUT2D eigenvalue weighted by atomic mass is 10.3. The van der Waals surface area contributed by atoms with Gasteiger partial charge in [0.25, 0.3) is 0 Å². The number of nitrogens with one attached hydrogen (secondary N) is 1. The zero-order valence-corrected chi connectivity index (χ0v) is 4.68. The molecule has 0 aromatic carbocycles. The Bertz CT molecular complexity index is 195. The van der Waals surface area contributed by atoms with Crippen molar-refractivity contribution in [2.45, 2.75) is 0 Å². The minimum Gasteiger partial charge on any atom is -0.366 e. The summed E-state index contributed by atoms with van der Waals surface area (Å²) in [5, 5.41) is 2.42. The lowest BCUT2D eigenvalue weighted by molar-refractivity contribution is -0.116. The fourth-order valence-corrected chi connectivity index (χ4v) is 0.601. The molecule has 3 N–H and O–H groups in total. The molecule has 1 aliphatic heterocycles. The first-order chi connectivity index (χ1) is 4.20. The van der Waals surface area contributed by atoms with Crippen molar-refractivity contribution in [1.29, 1.82) is 0 Å². The Morgan fingerprint density at radius 1 is 1.78 bits per heavy atom. The standard InChI is InChI=1S/C5H6N2O2/c6-5(9)3-1-4(8)7-2-3/h1H,2H2,(H2,6,9)(H,7,8). The monoisotopic (exact) mass is 126 g/mol. The number of carbonyl (C=O) groups excluding carboxylic acids is 2. The molecule has 4 nitrogen and oxygen atoms in total. The molecule has 0 fully saturated rings. The molecule has 48 valence electrons. The largest absolute Gasteiger partial charge is 0.366 e. The predicted molar refractivity (Wildman–Crippen MR) is 30.3 cm³/mol. The second-order valence-electron chi connectivity index (χ2n) is 1.75. The maximum absolute atomic E-state index is 10.4. The van der Waals surface area contributed by atoms with Crippen LogP contribution in [0.3, 0.4) is 0 Å². The van der Waals surface area contributed by atoms with E-state index in [9.17, 15) is 9.59 Å². The van der Waals surface area contributed by atoms with Gasteiger partial charge in [0.1, 0.15) is 0 Å². The van der Waals surface area contributed by atoms with Crippen LogP contribution in [0.15, 0.2) is 11.6 Å². The summed E-state index contributed by atoms with van der Waals surface area (Å²) in [6.07, 6.45) is 1.21. The van der Waals surface area contributed by atoms with Crippen molar-refractivity contribution < 1.29 is 9.59 Å². The smallest absolute Gasteiger partial charge is 0.246 e. The van der Waals surface area contributed by atoms with Crippen LogP contribution < -0.4 is 11.1 Å². The molecule has 4 heteroatoms. The Morgan fingerprint density at radius 2 is 2.44 bits per heavy atom. The molecule has 0 aromatic rings. The van der Waals surface area contributed by atoms with Crippen LogP contribution in [0.4, 0.5) is 0 Å². The maximum Gasteiger partial charge on any atom is 0.246 e. The molecular formula is C5H6N2O2. The average Bonchev–Trinajstić information content (AvgIpc) is 2.14. The van der Waals surface area contributed by atoms with Gasteiger partial charge in [-0.05, 0) is 0 Å². The van der Waals surface area contributed by atoms with E-state index in [0.717, 1.165) is 0 Å². The molecule has 1 aliphatic rings. The lowest BCUT2D eigenvalue weighted by Crippen LogP contribution is -2.20. The Balaban J connectivity index is 2.74. The SMILES string of the molecule is NC(=O)C1=CC(=O)NC1. The Labute approximate surface area is 51.7 Å². The lowest BCUT2D eigenvalue weighted by Gasteiger charge is -1.89. The van der Waals surface area contributed by atoms with E-state index in [1.165, 1.54) is 6.08 Å². The third-order valence-corrected chi connectivity index (χ3v) is 1.07. The highest BCUT2D eigenvalue weighted by Gasteiger charge is 2.13. The van der Waals surface area contributed by atoms with Crippen molar-refractivity contribution in [2.24, 2.45) is 5.73 Å². The number of nitrogens with two attached hydrogens (primary N) is 1. The Hall–Kier alpha value is -1.32. The molecule has 1 heterocycles. The van der Waals surface area contributed by atoms with Crippen LogP contribution in [0.5, 0.6) is 0 Å². The van der Waals surface area contributed by atoms with Gasteiger partial charge in [0.05, 0.1) is 0 Å². The van der Waals surface area contributed by atoms with Crippen LogP contribution in [0, 0.1) is 0 Å². The van der Waals surface area contributed by atoms with Crippen molar-refractivity contribution >= 4 is 11.8 Å². The normalized spacial score (nSPS) is 16.9. The third-order valence-electron chi connectivity index (χ3n) is 1.07. The van der Waals surface area contributed by atoms with Crippen molar-refractivity contribution in [3.05, 3.63) is 11.6 Å². The predicted octanol–water partition coefficient (Wildman–Crippen LogP) is -1.47. The summed E-state index contributed by atoms with van der Waals surface area (Å²) in [7, 11) is 0.